The van der Waals surface area contributed by atoms with Gasteiger partial charge in [0.15, 0.2) is 0 Å². The Morgan fingerprint density at radius 2 is 2.14 bits per heavy atom. The quantitative estimate of drug-likeness (QED) is 0.716. The van der Waals surface area contributed by atoms with Crippen LogP contribution in [0.4, 0.5) is 0 Å². The number of rotatable bonds is 4. The average Bonchev–Trinajstić information content (AvgIpc) is 3.05. The fraction of sp³-hybridized carbons (Fsp3) is 0.143. The molecule has 0 fully saturated rings. The van der Waals surface area contributed by atoms with Gasteiger partial charge < -0.3 is 9.84 Å². The molecule has 108 valence electrons. The molecule has 0 atom stereocenters. The van der Waals surface area contributed by atoms with Gasteiger partial charge in [-0.3, -0.25) is 5.10 Å². The first-order chi connectivity index (χ1) is 10.1. The minimum Gasteiger partial charge on any atom is -0.459 e. The van der Waals surface area contributed by atoms with E-state index in [9.17, 15) is 0 Å². The monoisotopic (exact) mass is 320 g/mol. The molecule has 0 radical (unpaired) electrons. The van der Waals surface area contributed by atoms with E-state index in [2.05, 4.69) is 15.6 Å². The lowest BCUT2D eigenvalue weighted by atomic mass is 10.2. The molecular formula is C14H13ClN4OS. The van der Waals surface area contributed by atoms with Crippen molar-refractivity contribution in [2.45, 2.75) is 13.5 Å². The van der Waals surface area contributed by atoms with Gasteiger partial charge in [-0.15, -0.1) is 0 Å². The van der Waals surface area contributed by atoms with E-state index < -0.39 is 0 Å². The van der Waals surface area contributed by atoms with Crippen molar-refractivity contribution in [1.29, 1.82) is 0 Å². The molecule has 2 N–H and O–H groups in total. The van der Waals surface area contributed by atoms with E-state index >= 15 is 0 Å². The summed E-state index contributed by atoms with van der Waals surface area (Å²) >= 11 is 11.3. The van der Waals surface area contributed by atoms with E-state index in [0.717, 1.165) is 22.9 Å². The molecule has 2 heterocycles. The molecule has 21 heavy (non-hydrogen) atoms. The van der Waals surface area contributed by atoms with Crippen LogP contribution in [0, 0.1) is 11.7 Å². The minimum absolute atomic E-state index is 0.499. The molecule has 0 bridgehead atoms. The topological polar surface area (TPSA) is 58.8 Å². The van der Waals surface area contributed by atoms with Crippen molar-refractivity contribution in [1.82, 2.24) is 14.9 Å². The maximum atomic E-state index is 6.16. The van der Waals surface area contributed by atoms with Gasteiger partial charge in [-0.1, -0.05) is 23.7 Å². The molecule has 0 aliphatic heterocycles. The molecule has 7 heteroatoms. The first-order valence-corrected chi connectivity index (χ1v) is 7.15. The molecule has 0 amide bonds. The molecular weight excluding hydrogens is 308 g/mol. The van der Waals surface area contributed by atoms with Crippen molar-refractivity contribution in [3.63, 3.8) is 0 Å². The summed E-state index contributed by atoms with van der Waals surface area (Å²) in [4.78, 5) is 0. The average molecular weight is 321 g/mol. The predicted octanol–water partition coefficient (Wildman–Crippen LogP) is 3.91. The number of aromatic amines is 1. The highest BCUT2D eigenvalue weighted by Gasteiger charge is 2.08. The van der Waals surface area contributed by atoms with E-state index in [1.807, 2.05) is 43.3 Å². The number of hydrogen-bond donors (Lipinski definition) is 2. The van der Waals surface area contributed by atoms with Crippen LogP contribution >= 0.6 is 23.8 Å². The third-order valence-corrected chi connectivity index (χ3v) is 3.66. The summed E-state index contributed by atoms with van der Waals surface area (Å²) in [5, 5.41) is 7.41. The van der Waals surface area contributed by atoms with Gasteiger partial charge in [-0.2, -0.15) is 5.10 Å². The summed E-state index contributed by atoms with van der Waals surface area (Å²) in [5.41, 5.74) is 4.03. The molecule has 2 aromatic heterocycles. The molecule has 0 unspecified atom stereocenters. The third-order valence-electron chi connectivity index (χ3n) is 3.05. The molecule has 0 aliphatic carbocycles. The zero-order valence-corrected chi connectivity index (χ0v) is 12.8. The molecule has 3 rings (SSSR count). The van der Waals surface area contributed by atoms with E-state index in [1.165, 1.54) is 0 Å². The Kier molecular flexibility index (Phi) is 3.81. The summed E-state index contributed by atoms with van der Waals surface area (Å²) in [6.45, 7) is 2.36. The van der Waals surface area contributed by atoms with E-state index in [-0.39, 0.29) is 0 Å². The number of aromatic nitrogens is 3. The van der Waals surface area contributed by atoms with E-state index in [4.69, 9.17) is 28.2 Å². The highest BCUT2D eigenvalue weighted by molar-refractivity contribution is 7.71. The van der Waals surface area contributed by atoms with Crippen LogP contribution in [0.1, 0.15) is 11.6 Å². The Hall–Kier alpha value is -2.05. The van der Waals surface area contributed by atoms with Gasteiger partial charge in [0.25, 0.3) is 0 Å². The molecule has 0 saturated heterocycles. The van der Waals surface area contributed by atoms with Crippen LogP contribution in [0.15, 0.2) is 40.8 Å². The third kappa shape index (κ3) is 2.86. The summed E-state index contributed by atoms with van der Waals surface area (Å²) in [5.74, 6) is 2.29. The first kappa shape index (κ1) is 13.9. The lowest BCUT2D eigenvalue weighted by Crippen LogP contribution is -2.15. The highest BCUT2D eigenvalue weighted by atomic mass is 35.5. The normalized spacial score (nSPS) is 10.8. The Morgan fingerprint density at radius 3 is 2.86 bits per heavy atom. The smallest absolute Gasteiger partial charge is 0.214 e. The van der Waals surface area contributed by atoms with Crippen LogP contribution in [-0.2, 0) is 6.54 Å². The van der Waals surface area contributed by atoms with Gasteiger partial charge in [0.1, 0.15) is 17.3 Å². The van der Waals surface area contributed by atoms with Gasteiger partial charge in [0.2, 0.25) is 4.77 Å². The largest absolute Gasteiger partial charge is 0.459 e. The van der Waals surface area contributed by atoms with Crippen molar-refractivity contribution >= 4 is 23.8 Å². The standard InChI is InChI=1S/C14H13ClN4OS/c1-9-17-18-14(21)19(9)16-8-10-6-7-13(20-10)11-4-2-3-5-12(11)15/h2-7,16H,8H2,1H3,(H,18,21). The maximum Gasteiger partial charge on any atom is 0.214 e. The zero-order chi connectivity index (χ0) is 14.8. The fourth-order valence-electron chi connectivity index (χ4n) is 2.00. The van der Waals surface area contributed by atoms with Crippen LogP contribution < -0.4 is 5.43 Å². The zero-order valence-electron chi connectivity index (χ0n) is 11.3. The molecule has 0 aliphatic rings. The lowest BCUT2D eigenvalue weighted by molar-refractivity contribution is 0.521. The highest BCUT2D eigenvalue weighted by Crippen LogP contribution is 2.28. The summed E-state index contributed by atoms with van der Waals surface area (Å²) in [7, 11) is 0. The van der Waals surface area contributed by atoms with Crippen LogP contribution in [0.3, 0.4) is 0 Å². The first-order valence-electron chi connectivity index (χ1n) is 6.36. The van der Waals surface area contributed by atoms with E-state index in [1.54, 1.807) is 4.68 Å². The van der Waals surface area contributed by atoms with E-state index in [0.29, 0.717) is 16.3 Å². The number of H-pyrrole nitrogens is 1. The number of furan rings is 1. The SMILES string of the molecule is Cc1n[nH]c(=S)n1NCc1ccc(-c2ccccc2Cl)o1. The maximum absolute atomic E-state index is 6.16. The predicted molar refractivity (Wildman–Crippen MR) is 84.4 cm³/mol. The Bertz CT molecular complexity index is 820. The summed E-state index contributed by atoms with van der Waals surface area (Å²) < 4.78 is 8.02. The van der Waals surface area contributed by atoms with Crippen molar-refractivity contribution < 1.29 is 4.42 Å². The summed E-state index contributed by atoms with van der Waals surface area (Å²) in [6.07, 6.45) is 0. The van der Waals surface area contributed by atoms with Gasteiger partial charge in [-0.25, -0.2) is 4.68 Å². The number of benzene rings is 1. The number of hydrogen-bond acceptors (Lipinski definition) is 4. The Balaban J connectivity index is 1.77. The lowest BCUT2D eigenvalue weighted by Gasteiger charge is -2.06. The molecule has 0 saturated carbocycles. The van der Waals surface area contributed by atoms with Crippen LogP contribution in [0.2, 0.25) is 5.02 Å². The minimum atomic E-state index is 0.499. The van der Waals surface area contributed by atoms with Crippen LogP contribution in [0.5, 0.6) is 0 Å². The fourth-order valence-corrected chi connectivity index (χ4v) is 2.47. The molecule has 3 aromatic rings. The molecule has 5 nitrogen and oxygen atoms in total. The van der Waals surface area contributed by atoms with Crippen molar-refractivity contribution in [3.8, 4) is 11.3 Å². The Labute approximate surface area is 131 Å². The van der Waals surface area contributed by atoms with Crippen molar-refractivity contribution in [3.05, 3.63) is 57.8 Å². The van der Waals surface area contributed by atoms with Crippen molar-refractivity contribution in [2.24, 2.45) is 0 Å². The second kappa shape index (κ2) is 5.75. The number of aryl methyl sites for hydroxylation is 1. The summed E-state index contributed by atoms with van der Waals surface area (Å²) in [6, 6.07) is 11.4. The molecule has 0 spiro atoms. The van der Waals surface area contributed by atoms with Gasteiger partial charge >= 0.3 is 0 Å². The Morgan fingerprint density at radius 1 is 1.33 bits per heavy atom. The second-order valence-electron chi connectivity index (χ2n) is 4.49. The van der Waals surface area contributed by atoms with Crippen molar-refractivity contribution in [2.75, 3.05) is 5.43 Å². The van der Waals surface area contributed by atoms with Gasteiger partial charge in [0, 0.05) is 5.56 Å². The molecule has 1 aromatic carbocycles. The second-order valence-corrected chi connectivity index (χ2v) is 5.29. The van der Waals surface area contributed by atoms with Crippen LogP contribution in [0.25, 0.3) is 11.3 Å². The number of halogens is 1. The number of nitrogens with one attached hydrogen (secondary N) is 2. The van der Waals surface area contributed by atoms with Gasteiger partial charge in [-0.05, 0) is 43.4 Å². The van der Waals surface area contributed by atoms with Crippen LogP contribution in [-0.4, -0.2) is 14.9 Å². The number of nitrogens with zero attached hydrogens (tertiary/aromatic N) is 2. The van der Waals surface area contributed by atoms with Gasteiger partial charge in [0.05, 0.1) is 11.6 Å².